The quantitative estimate of drug-likeness (QED) is 0.900. The van der Waals surface area contributed by atoms with Crippen LogP contribution in [0.2, 0.25) is 0 Å². The number of hydrogen-bond acceptors (Lipinski definition) is 3. The molecule has 118 valence electrons. The van der Waals surface area contributed by atoms with Gasteiger partial charge in [-0.15, -0.1) is 0 Å². The first kappa shape index (κ1) is 16.2. The van der Waals surface area contributed by atoms with Gasteiger partial charge >= 0.3 is 0 Å². The number of benzene rings is 1. The van der Waals surface area contributed by atoms with Crippen molar-refractivity contribution in [2.75, 3.05) is 38.1 Å². The van der Waals surface area contributed by atoms with Gasteiger partial charge in [-0.2, -0.15) is 0 Å². The lowest BCUT2D eigenvalue weighted by molar-refractivity contribution is 0.327. The molecule has 0 saturated carbocycles. The van der Waals surface area contributed by atoms with E-state index in [2.05, 4.69) is 36.0 Å². The van der Waals surface area contributed by atoms with Gasteiger partial charge in [-0.3, -0.25) is 0 Å². The van der Waals surface area contributed by atoms with Gasteiger partial charge in [0, 0.05) is 25.7 Å². The van der Waals surface area contributed by atoms with E-state index >= 15 is 0 Å². The molecule has 21 heavy (non-hydrogen) atoms. The molecule has 1 heterocycles. The van der Waals surface area contributed by atoms with Gasteiger partial charge in [0.25, 0.3) is 0 Å². The summed E-state index contributed by atoms with van der Waals surface area (Å²) in [7, 11) is 2.15. The van der Waals surface area contributed by atoms with Crippen LogP contribution < -0.4 is 10.2 Å². The Morgan fingerprint density at radius 1 is 1.29 bits per heavy atom. The summed E-state index contributed by atoms with van der Waals surface area (Å²) in [5.74, 6) is -0.0894. The molecule has 1 aliphatic heterocycles. The Hall–Kier alpha value is -1.13. The molecule has 4 heteroatoms. The first-order valence-corrected chi connectivity index (χ1v) is 8.10. The Labute approximate surface area is 128 Å². The molecule has 2 rings (SSSR count). The fourth-order valence-electron chi connectivity index (χ4n) is 3.07. The van der Waals surface area contributed by atoms with Crippen LogP contribution in [0.15, 0.2) is 18.2 Å². The van der Waals surface area contributed by atoms with Crippen molar-refractivity contribution in [1.82, 2.24) is 10.2 Å². The van der Waals surface area contributed by atoms with Crippen LogP contribution in [-0.4, -0.2) is 44.2 Å². The van der Waals surface area contributed by atoms with Gasteiger partial charge in [0.1, 0.15) is 5.82 Å². The van der Waals surface area contributed by atoms with E-state index < -0.39 is 0 Å². The largest absolute Gasteiger partial charge is 0.365 e. The predicted molar refractivity (Wildman–Crippen MR) is 87.3 cm³/mol. The Morgan fingerprint density at radius 2 is 2.10 bits per heavy atom. The number of nitrogens with zero attached hydrogens (tertiary/aromatic N) is 2. The molecule has 1 aromatic carbocycles. The number of rotatable bonds is 5. The van der Waals surface area contributed by atoms with E-state index in [0.29, 0.717) is 6.04 Å². The summed E-state index contributed by atoms with van der Waals surface area (Å²) in [6.07, 6.45) is 2.13. The van der Waals surface area contributed by atoms with Gasteiger partial charge in [0.2, 0.25) is 0 Å². The molecule has 0 amide bonds. The van der Waals surface area contributed by atoms with Gasteiger partial charge < -0.3 is 15.1 Å². The third-order valence-corrected chi connectivity index (χ3v) is 4.27. The van der Waals surface area contributed by atoms with Crippen LogP contribution in [0.25, 0.3) is 0 Å². The molecule has 1 unspecified atom stereocenters. The summed E-state index contributed by atoms with van der Waals surface area (Å²) in [6, 6.07) is 6.07. The summed E-state index contributed by atoms with van der Waals surface area (Å²) < 4.78 is 14.5. The highest BCUT2D eigenvalue weighted by molar-refractivity contribution is 5.50. The lowest BCUT2D eigenvalue weighted by Crippen LogP contribution is -2.40. The predicted octanol–water partition coefficient (Wildman–Crippen LogP) is 2.86. The third kappa shape index (κ3) is 4.17. The summed E-state index contributed by atoms with van der Waals surface area (Å²) in [6.45, 7) is 8.92. The Bertz CT molecular complexity index is 450. The highest BCUT2D eigenvalue weighted by Gasteiger charge is 2.24. The minimum atomic E-state index is -0.0894. The monoisotopic (exact) mass is 293 g/mol. The maximum Gasteiger partial charge on any atom is 0.146 e. The molecule has 0 aliphatic carbocycles. The summed E-state index contributed by atoms with van der Waals surface area (Å²) in [5.41, 5.74) is 1.77. The van der Waals surface area contributed by atoms with Crippen molar-refractivity contribution in [3.8, 4) is 0 Å². The van der Waals surface area contributed by atoms with Gasteiger partial charge in [0.05, 0.1) is 5.69 Å². The molecule has 1 aromatic rings. The van der Waals surface area contributed by atoms with E-state index in [9.17, 15) is 4.39 Å². The van der Waals surface area contributed by atoms with E-state index in [1.54, 1.807) is 6.07 Å². The highest BCUT2D eigenvalue weighted by Crippen LogP contribution is 2.25. The molecule has 1 fully saturated rings. The van der Waals surface area contributed by atoms with Crippen LogP contribution in [0.3, 0.4) is 0 Å². The Kier molecular flexibility index (Phi) is 6.00. The number of likely N-dealkylation sites (N-methyl/N-ethyl adjacent to an activating group) is 1. The van der Waals surface area contributed by atoms with Crippen LogP contribution >= 0.6 is 0 Å². The number of hydrogen-bond donors (Lipinski definition) is 1. The SMILES string of the molecule is CCNCc1ccc(N2CCCN(C)CC2CC)c(F)c1. The second-order valence-electron chi connectivity index (χ2n) is 5.94. The summed E-state index contributed by atoms with van der Waals surface area (Å²) in [5, 5.41) is 3.24. The smallest absolute Gasteiger partial charge is 0.146 e. The normalized spacial score (nSPS) is 20.6. The van der Waals surface area contributed by atoms with Crippen molar-refractivity contribution in [3.63, 3.8) is 0 Å². The van der Waals surface area contributed by atoms with E-state index in [4.69, 9.17) is 0 Å². The zero-order chi connectivity index (χ0) is 15.2. The molecule has 1 saturated heterocycles. The second-order valence-corrected chi connectivity index (χ2v) is 5.94. The van der Waals surface area contributed by atoms with Crippen molar-refractivity contribution in [2.24, 2.45) is 0 Å². The first-order valence-electron chi connectivity index (χ1n) is 8.10. The van der Waals surface area contributed by atoms with Gasteiger partial charge in [0.15, 0.2) is 0 Å². The molecule has 0 radical (unpaired) electrons. The summed E-state index contributed by atoms with van der Waals surface area (Å²) in [4.78, 5) is 4.61. The topological polar surface area (TPSA) is 18.5 Å². The number of nitrogens with one attached hydrogen (secondary N) is 1. The van der Waals surface area contributed by atoms with E-state index in [-0.39, 0.29) is 5.82 Å². The molecule has 1 N–H and O–H groups in total. The maximum atomic E-state index is 14.5. The van der Waals surface area contributed by atoms with Crippen LogP contribution in [0.4, 0.5) is 10.1 Å². The Morgan fingerprint density at radius 3 is 2.76 bits per heavy atom. The molecule has 1 atom stereocenters. The van der Waals surface area contributed by atoms with Gasteiger partial charge in [-0.05, 0) is 50.7 Å². The average molecular weight is 293 g/mol. The molecular formula is C17H28FN3. The highest BCUT2D eigenvalue weighted by atomic mass is 19.1. The van der Waals surface area contributed by atoms with Crippen molar-refractivity contribution in [1.29, 1.82) is 0 Å². The zero-order valence-electron chi connectivity index (χ0n) is 13.5. The minimum absolute atomic E-state index is 0.0894. The second kappa shape index (κ2) is 7.76. The standard InChI is InChI=1S/C17H28FN3/c1-4-15-13-20(3)9-6-10-21(15)17-8-7-14(11-16(17)18)12-19-5-2/h7-8,11,15,19H,4-6,9-10,12-13H2,1-3H3. The lowest BCUT2D eigenvalue weighted by Gasteiger charge is -2.32. The van der Waals surface area contributed by atoms with Crippen molar-refractivity contribution < 1.29 is 4.39 Å². The van der Waals surface area contributed by atoms with Crippen LogP contribution in [-0.2, 0) is 6.54 Å². The van der Waals surface area contributed by atoms with Crippen molar-refractivity contribution >= 4 is 5.69 Å². The fourth-order valence-corrected chi connectivity index (χ4v) is 3.07. The fraction of sp³-hybridized carbons (Fsp3) is 0.647. The molecule has 0 bridgehead atoms. The Balaban J connectivity index is 2.18. The number of anilines is 1. The molecular weight excluding hydrogens is 265 g/mol. The van der Waals surface area contributed by atoms with Crippen LogP contribution in [0.5, 0.6) is 0 Å². The van der Waals surface area contributed by atoms with Crippen LogP contribution in [0.1, 0.15) is 32.3 Å². The van der Waals surface area contributed by atoms with Gasteiger partial charge in [-0.25, -0.2) is 4.39 Å². The average Bonchev–Trinajstić information content (AvgIpc) is 2.66. The first-order chi connectivity index (χ1) is 10.2. The molecule has 0 aromatic heterocycles. The van der Waals surface area contributed by atoms with E-state index in [1.807, 2.05) is 12.1 Å². The zero-order valence-corrected chi connectivity index (χ0v) is 13.5. The van der Waals surface area contributed by atoms with Crippen LogP contribution in [0, 0.1) is 5.82 Å². The maximum absolute atomic E-state index is 14.5. The van der Waals surface area contributed by atoms with E-state index in [0.717, 1.165) is 56.8 Å². The molecule has 0 spiro atoms. The van der Waals surface area contributed by atoms with Crippen molar-refractivity contribution in [3.05, 3.63) is 29.6 Å². The third-order valence-electron chi connectivity index (χ3n) is 4.27. The molecule has 3 nitrogen and oxygen atoms in total. The lowest BCUT2D eigenvalue weighted by atomic mass is 10.1. The van der Waals surface area contributed by atoms with Crippen molar-refractivity contribution in [2.45, 2.75) is 39.3 Å². The van der Waals surface area contributed by atoms with E-state index in [1.165, 1.54) is 0 Å². The van der Waals surface area contributed by atoms with Gasteiger partial charge in [-0.1, -0.05) is 19.9 Å². The summed E-state index contributed by atoms with van der Waals surface area (Å²) >= 11 is 0. The number of halogens is 1. The minimum Gasteiger partial charge on any atom is -0.365 e. The molecule has 1 aliphatic rings.